The summed E-state index contributed by atoms with van der Waals surface area (Å²) in [4.78, 5) is 23.5. The number of morpholine rings is 1. The summed E-state index contributed by atoms with van der Waals surface area (Å²) in [7, 11) is 0. The minimum absolute atomic E-state index is 0.0509. The van der Waals surface area contributed by atoms with Gasteiger partial charge in [-0.2, -0.15) is 13.2 Å². The molecule has 1 N–H and O–H groups in total. The van der Waals surface area contributed by atoms with Crippen molar-refractivity contribution in [2.45, 2.75) is 19.2 Å². The number of halogens is 3. The second-order valence-corrected chi connectivity index (χ2v) is 6.07. The zero-order valence-electron chi connectivity index (χ0n) is 13.8. The maximum Gasteiger partial charge on any atom is 0.433 e. The second-order valence-electron chi connectivity index (χ2n) is 6.07. The average molecular weight is 359 g/mol. The molecule has 2 aliphatic rings. The molecule has 1 amide bonds. The molecule has 3 heterocycles. The van der Waals surface area contributed by atoms with Crippen LogP contribution in [-0.4, -0.2) is 72.8 Å². The smallest absolute Gasteiger partial charge is 0.366 e. The van der Waals surface area contributed by atoms with Crippen LogP contribution in [0.25, 0.3) is 0 Å². The summed E-state index contributed by atoms with van der Waals surface area (Å²) in [6, 6.07) is 0.927. The number of aromatic nitrogens is 2. The summed E-state index contributed by atoms with van der Waals surface area (Å²) in [5.41, 5.74) is -0.687. The van der Waals surface area contributed by atoms with Gasteiger partial charge in [0.05, 0.1) is 6.61 Å². The van der Waals surface area contributed by atoms with Gasteiger partial charge in [0, 0.05) is 45.0 Å². The molecule has 1 aromatic rings. The predicted molar refractivity (Wildman–Crippen MR) is 83.2 cm³/mol. The number of ether oxygens (including phenoxy) is 1. The number of amides is 1. The zero-order chi connectivity index (χ0) is 18.0. The highest BCUT2D eigenvalue weighted by atomic mass is 19.4. The van der Waals surface area contributed by atoms with Crippen molar-refractivity contribution in [2.24, 2.45) is 0 Å². The number of rotatable bonds is 2. The van der Waals surface area contributed by atoms with Crippen molar-refractivity contribution in [3.8, 4) is 0 Å². The van der Waals surface area contributed by atoms with E-state index in [4.69, 9.17) is 4.74 Å². The van der Waals surface area contributed by atoms with Gasteiger partial charge >= 0.3 is 6.18 Å². The number of hydrogen-bond acceptors (Lipinski definition) is 6. The molecule has 0 aromatic carbocycles. The minimum atomic E-state index is -4.51. The molecule has 1 atom stereocenters. The quantitative estimate of drug-likeness (QED) is 0.826. The number of carbonyl (C=O) groups is 1. The van der Waals surface area contributed by atoms with E-state index in [1.165, 1.54) is 6.92 Å². The molecule has 138 valence electrons. The maximum atomic E-state index is 12.9. The van der Waals surface area contributed by atoms with Crippen LogP contribution in [0.5, 0.6) is 0 Å². The number of anilines is 1. The van der Waals surface area contributed by atoms with E-state index in [0.717, 1.165) is 12.6 Å². The van der Waals surface area contributed by atoms with Gasteiger partial charge in [-0.05, 0) is 13.0 Å². The lowest BCUT2D eigenvalue weighted by Gasteiger charge is -2.37. The number of nitrogens with one attached hydrogen (secondary N) is 1. The molecule has 0 spiro atoms. The fraction of sp³-hybridized carbons (Fsp3) is 0.667. The Morgan fingerprint density at radius 3 is 2.60 bits per heavy atom. The molecule has 2 fully saturated rings. The summed E-state index contributed by atoms with van der Waals surface area (Å²) in [5.74, 6) is -0.0389. The molecule has 0 radical (unpaired) electrons. The average Bonchev–Trinajstić information content (AvgIpc) is 2.61. The minimum Gasteiger partial charge on any atom is -0.366 e. The van der Waals surface area contributed by atoms with E-state index in [1.807, 2.05) is 0 Å². The first-order chi connectivity index (χ1) is 11.8. The first kappa shape index (κ1) is 17.9. The van der Waals surface area contributed by atoms with E-state index in [-0.39, 0.29) is 17.5 Å². The first-order valence-electron chi connectivity index (χ1n) is 8.13. The zero-order valence-corrected chi connectivity index (χ0v) is 13.8. The van der Waals surface area contributed by atoms with Crippen LogP contribution in [0.3, 0.4) is 0 Å². The van der Waals surface area contributed by atoms with Gasteiger partial charge in [-0.25, -0.2) is 9.97 Å². The maximum absolute atomic E-state index is 12.9. The Labute approximate surface area is 143 Å². The second kappa shape index (κ2) is 7.12. The van der Waals surface area contributed by atoms with Crippen molar-refractivity contribution in [3.63, 3.8) is 0 Å². The van der Waals surface area contributed by atoms with Crippen LogP contribution >= 0.6 is 0 Å². The highest BCUT2D eigenvalue weighted by Crippen LogP contribution is 2.29. The van der Waals surface area contributed by atoms with E-state index >= 15 is 0 Å². The number of piperazine rings is 1. The highest BCUT2D eigenvalue weighted by Gasteiger charge is 2.35. The van der Waals surface area contributed by atoms with Gasteiger partial charge in [-0.1, -0.05) is 0 Å². The van der Waals surface area contributed by atoms with Gasteiger partial charge in [0.2, 0.25) is 5.95 Å². The van der Waals surface area contributed by atoms with Crippen LogP contribution in [0.2, 0.25) is 0 Å². The molecule has 10 heteroatoms. The Balaban J connectivity index is 1.64. The molecule has 7 nitrogen and oxygen atoms in total. The number of alkyl halides is 3. The van der Waals surface area contributed by atoms with E-state index in [1.54, 1.807) is 9.80 Å². The summed E-state index contributed by atoms with van der Waals surface area (Å²) in [6.07, 6.45) is -5.00. The van der Waals surface area contributed by atoms with Gasteiger partial charge in [0.25, 0.3) is 5.91 Å². The lowest BCUT2D eigenvalue weighted by atomic mass is 10.2. The molecule has 25 heavy (non-hydrogen) atoms. The SMILES string of the molecule is Cc1cc(C(F)(F)F)nc(N2CCN(C(=O)C3CNCCO3)CC2)n1. The van der Waals surface area contributed by atoms with Crippen LogP contribution in [0.15, 0.2) is 6.07 Å². The first-order valence-corrected chi connectivity index (χ1v) is 8.13. The van der Waals surface area contributed by atoms with Crippen molar-refractivity contribution in [3.05, 3.63) is 17.5 Å². The standard InChI is InChI=1S/C15H20F3N5O2/c1-10-8-12(15(16,17)18)21-14(20-10)23-5-3-22(4-6-23)13(24)11-9-19-2-7-25-11/h8,11,19H,2-7,9H2,1H3. The van der Waals surface area contributed by atoms with Crippen molar-refractivity contribution >= 4 is 11.9 Å². The fourth-order valence-corrected chi connectivity index (χ4v) is 2.89. The summed E-state index contributed by atoms with van der Waals surface area (Å²) in [6.45, 7) is 4.77. The monoisotopic (exact) mass is 359 g/mol. The van der Waals surface area contributed by atoms with Crippen LogP contribution in [0.1, 0.15) is 11.4 Å². The third-order valence-corrected chi connectivity index (χ3v) is 4.21. The normalized spacial score (nSPS) is 22.2. The van der Waals surface area contributed by atoms with Gasteiger partial charge in [0.1, 0.15) is 11.8 Å². The Kier molecular flexibility index (Phi) is 5.09. The molecule has 0 bridgehead atoms. The Hall–Kier alpha value is -1.94. The Morgan fingerprint density at radius 1 is 1.28 bits per heavy atom. The lowest BCUT2D eigenvalue weighted by Crippen LogP contribution is -2.55. The summed E-state index contributed by atoms with van der Waals surface area (Å²) < 4.78 is 44.2. The highest BCUT2D eigenvalue weighted by molar-refractivity contribution is 5.81. The van der Waals surface area contributed by atoms with Gasteiger partial charge in [-0.15, -0.1) is 0 Å². The third kappa shape index (κ3) is 4.18. The molecule has 1 unspecified atom stereocenters. The fourth-order valence-electron chi connectivity index (χ4n) is 2.89. The summed E-state index contributed by atoms with van der Waals surface area (Å²) >= 11 is 0. The molecule has 2 aliphatic heterocycles. The van der Waals surface area contributed by atoms with Crippen LogP contribution in [0, 0.1) is 6.92 Å². The number of aryl methyl sites for hydroxylation is 1. The number of carbonyl (C=O) groups excluding carboxylic acids is 1. The van der Waals surface area contributed by atoms with Gasteiger partial charge in [0.15, 0.2) is 0 Å². The molecule has 1 aromatic heterocycles. The van der Waals surface area contributed by atoms with Crippen molar-refractivity contribution in [2.75, 3.05) is 50.8 Å². The molecular formula is C15H20F3N5O2. The molecule has 2 saturated heterocycles. The van der Waals surface area contributed by atoms with E-state index in [9.17, 15) is 18.0 Å². The summed E-state index contributed by atoms with van der Waals surface area (Å²) in [5, 5.41) is 3.11. The third-order valence-electron chi connectivity index (χ3n) is 4.21. The van der Waals surface area contributed by atoms with E-state index < -0.39 is 18.0 Å². The molecule has 0 saturated carbocycles. The molecule has 0 aliphatic carbocycles. The Bertz CT molecular complexity index is 626. The van der Waals surface area contributed by atoms with E-state index in [0.29, 0.717) is 39.3 Å². The Morgan fingerprint density at radius 2 is 2.00 bits per heavy atom. The van der Waals surface area contributed by atoms with Gasteiger partial charge < -0.3 is 19.9 Å². The van der Waals surface area contributed by atoms with Crippen molar-refractivity contribution in [1.29, 1.82) is 0 Å². The largest absolute Gasteiger partial charge is 0.433 e. The number of hydrogen-bond donors (Lipinski definition) is 1. The van der Waals surface area contributed by atoms with Crippen LogP contribution < -0.4 is 10.2 Å². The van der Waals surface area contributed by atoms with Crippen molar-refractivity contribution in [1.82, 2.24) is 20.2 Å². The van der Waals surface area contributed by atoms with Crippen LogP contribution in [-0.2, 0) is 15.7 Å². The van der Waals surface area contributed by atoms with Gasteiger partial charge in [-0.3, -0.25) is 4.79 Å². The number of nitrogens with zero attached hydrogens (tertiary/aromatic N) is 4. The topological polar surface area (TPSA) is 70.6 Å². The van der Waals surface area contributed by atoms with E-state index in [2.05, 4.69) is 15.3 Å². The molecular weight excluding hydrogens is 339 g/mol. The predicted octanol–water partition coefficient (Wildman–Crippen LogP) is 0.441. The molecule has 3 rings (SSSR count). The van der Waals surface area contributed by atoms with Crippen molar-refractivity contribution < 1.29 is 22.7 Å². The lowest BCUT2D eigenvalue weighted by molar-refractivity contribution is -0.145. The van der Waals surface area contributed by atoms with Crippen LogP contribution in [0.4, 0.5) is 19.1 Å².